The molecule has 1 aromatic heterocycles. The molecule has 1 rings (SSSR count). The fourth-order valence-electron chi connectivity index (χ4n) is 0.610. The highest BCUT2D eigenvalue weighted by molar-refractivity contribution is 7.09. The van der Waals surface area contributed by atoms with Crippen molar-refractivity contribution in [3.05, 3.63) is 29.2 Å². The van der Waals surface area contributed by atoms with Gasteiger partial charge in [-0.2, -0.15) is 0 Å². The Kier molecular flexibility index (Phi) is 2.46. The van der Waals surface area contributed by atoms with E-state index in [4.69, 9.17) is 0 Å². The van der Waals surface area contributed by atoms with Crippen LogP contribution in [0.5, 0.6) is 0 Å². The van der Waals surface area contributed by atoms with Crippen molar-refractivity contribution in [3.63, 3.8) is 0 Å². The molecule has 0 aromatic carbocycles. The second-order valence-corrected chi connectivity index (χ2v) is 2.77. The number of aryl methyl sites for hydroxylation is 1. The van der Waals surface area contributed by atoms with E-state index >= 15 is 0 Å². The molecule has 1 nitrogen and oxygen atoms in total. The molecular formula is C7H9NS. The maximum Gasteiger partial charge on any atom is 0.0794 e. The molecule has 1 aromatic rings. The normalized spacial score (nSPS) is 9.33. The predicted molar refractivity (Wildman–Crippen MR) is 40.6 cm³/mol. The molecule has 0 spiro atoms. The van der Waals surface area contributed by atoms with Gasteiger partial charge < -0.3 is 0 Å². The lowest BCUT2D eigenvalue weighted by Gasteiger charge is -1.86. The van der Waals surface area contributed by atoms with Crippen molar-refractivity contribution in [2.45, 2.75) is 12.8 Å². The standard InChI is InChI=1S/C7H9NS/c1-2-3-4-7-5-8-6-9-7/h2,5-6H,1,3-4H2. The van der Waals surface area contributed by atoms with Gasteiger partial charge in [0.05, 0.1) is 5.51 Å². The van der Waals surface area contributed by atoms with E-state index in [0.29, 0.717) is 0 Å². The van der Waals surface area contributed by atoms with Crippen LogP contribution in [0.3, 0.4) is 0 Å². The molecule has 0 amide bonds. The average molecular weight is 139 g/mol. The molecule has 0 atom stereocenters. The monoisotopic (exact) mass is 139 g/mol. The van der Waals surface area contributed by atoms with E-state index in [1.165, 1.54) is 4.88 Å². The lowest BCUT2D eigenvalue weighted by Crippen LogP contribution is -1.73. The van der Waals surface area contributed by atoms with Gasteiger partial charge in [-0.25, -0.2) is 0 Å². The third-order valence-corrected chi connectivity index (χ3v) is 1.92. The molecule has 0 radical (unpaired) electrons. The molecule has 0 aliphatic heterocycles. The summed E-state index contributed by atoms with van der Waals surface area (Å²) in [6, 6.07) is 0. The van der Waals surface area contributed by atoms with Crippen LogP contribution in [0.25, 0.3) is 0 Å². The third kappa shape index (κ3) is 1.98. The molecule has 0 saturated carbocycles. The first-order valence-corrected chi connectivity index (χ1v) is 3.79. The van der Waals surface area contributed by atoms with E-state index in [1.807, 2.05) is 17.8 Å². The second-order valence-electron chi connectivity index (χ2n) is 1.80. The minimum Gasteiger partial charge on any atom is -0.253 e. The molecular weight excluding hydrogens is 130 g/mol. The SMILES string of the molecule is C=CCCc1cncs1. The van der Waals surface area contributed by atoms with E-state index in [2.05, 4.69) is 11.6 Å². The highest BCUT2D eigenvalue weighted by Crippen LogP contribution is 2.07. The zero-order valence-corrected chi connectivity index (χ0v) is 6.03. The molecule has 0 fully saturated rings. The Labute approximate surface area is 59.1 Å². The van der Waals surface area contributed by atoms with Crippen LogP contribution in [-0.2, 0) is 6.42 Å². The summed E-state index contributed by atoms with van der Waals surface area (Å²) in [5, 5.41) is 0. The molecule has 48 valence electrons. The fourth-order valence-corrected chi connectivity index (χ4v) is 1.22. The van der Waals surface area contributed by atoms with Crippen molar-refractivity contribution in [1.82, 2.24) is 4.98 Å². The van der Waals surface area contributed by atoms with Gasteiger partial charge in [0, 0.05) is 11.1 Å². The highest BCUT2D eigenvalue weighted by Gasteiger charge is 1.89. The van der Waals surface area contributed by atoms with E-state index in [1.54, 1.807) is 11.3 Å². The Morgan fingerprint density at radius 1 is 1.78 bits per heavy atom. The lowest BCUT2D eigenvalue weighted by atomic mass is 10.3. The number of hydrogen-bond acceptors (Lipinski definition) is 2. The number of hydrogen-bond donors (Lipinski definition) is 0. The zero-order valence-electron chi connectivity index (χ0n) is 5.21. The number of rotatable bonds is 3. The van der Waals surface area contributed by atoms with Crippen molar-refractivity contribution < 1.29 is 0 Å². The van der Waals surface area contributed by atoms with E-state index in [0.717, 1.165) is 12.8 Å². The summed E-state index contributed by atoms with van der Waals surface area (Å²) >= 11 is 1.70. The number of aromatic nitrogens is 1. The van der Waals surface area contributed by atoms with Gasteiger partial charge in [-0.3, -0.25) is 4.98 Å². The van der Waals surface area contributed by atoms with Crippen molar-refractivity contribution in [2.24, 2.45) is 0 Å². The van der Waals surface area contributed by atoms with Crippen molar-refractivity contribution in [1.29, 1.82) is 0 Å². The molecule has 0 saturated heterocycles. The third-order valence-electron chi connectivity index (χ3n) is 1.08. The molecule has 1 heterocycles. The molecule has 0 aliphatic carbocycles. The smallest absolute Gasteiger partial charge is 0.0794 e. The molecule has 9 heavy (non-hydrogen) atoms. The summed E-state index contributed by atoms with van der Waals surface area (Å²) in [5.41, 5.74) is 1.86. The zero-order chi connectivity index (χ0) is 6.53. The first-order chi connectivity index (χ1) is 4.43. The Hall–Kier alpha value is -0.630. The molecule has 0 aliphatic rings. The number of nitrogens with zero attached hydrogens (tertiary/aromatic N) is 1. The lowest BCUT2D eigenvalue weighted by molar-refractivity contribution is 1.02. The van der Waals surface area contributed by atoms with E-state index in [-0.39, 0.29) is 0 Å². The largest absolute Gasteiger partial charge is 0.253 e. The van der Waals surface area contributed by atoms with Gasteiger partial charge in [-0.1, -0.05) is 6.08 Å². The van der Waals surface area contributed by atoms with Crippen molar-refractivity contribution in [3.8, 4) is 0 Å². The quantitative estimate of drug-likeness (QED) is 0.585. The van der Waals surface area contributed by atoms with Crippen LogP contribution in [0.15, 0.2) is 24.4 Å². The van der Waals surface area contributed by atoms with Gasteiger partial charge in [0.25, 0.3) is 0 Å². The Morgan fingerprint density at radius 3 is 3.22 bits per heavy atom. The van der Waals surface area contributed by atoms with Gasteiger partial charge in [0.1, 0.15) is 0 Å². The minimum atomic E-state index is 1.06. The summed E-state index contributed by atoms with van der Waals surface area (Å²) < 4.78 is 0. The maximum absolute atomic E-state index is 3.96. The number of thiazole rings is 1. The summed E-state index contributed by atoms with van der Waals surface area (Å²) in [6.07, 6.45) is 5.99. The van der Waals surface area contributed by atoms with E-state index < -0.39 is 0 Å². The second kappa shape index (κ2) is 3.41. The number of allylic oxidation sites excluding steroid dienone is 1. The minimum absolute atomic E-state index is 1.06. The van der Waals surface area contributed by atoms with Crippen LogP contribution >= 0.6 is 11.3 Å². The van der Waals surface area contributed by atoms with Gasteiger partial charge in [-0.15, -0.1) is 17.9 Å². The van der Waals surface area contributed by atoms with E-state index in [9.17, 15) is 0 Å². The van der Waals surface area contributed by atoms with Crippen LogP contribution in [0.1, 0.15) is 11.3 Å². The Morgan fingerprint density at radius 2 is 2.67 bits per heavy atom. The van der Waals surface area contributed by atoms with Crippen LogP contribution < -0.4 is 0 Å². The first-order valence-electron chi connectivity index (χ1n) is 2.91. The summed E-state index contributed by atoms with van der Waals surface area (Å²) in [7, 11) is 0. The topological polar surface area (TPSA) is 12.9 Å². The van der Waals surface area contributed by atoms with Crippen LogP contribution in [0.2, 0.25) is 0 Å². The van der Waals surface area contributed by atoms with Gasteiger partial charge in [-0.05, 0) is 12.8 Å². The van der Waals surface area contributed by atoms with Gasteiger partial charge >= 0.3 is 0 Å². The maximum atomic E-state index is 3.96. The van der Waals surface area contributed by atoms with Crippen LogP contribution in [0.4, 0.5) is 0 Å². The van der Waals surface area contributed by atoms with Crippen LogP contribution in [0, 0.1) is 0 Å². The van der Waals surface area contributed by atoms with Crippen molar-refractivity contribution >= 4 is 11.3 Å². The predicted octanol–water partition coefficient (Wildman–Crippen LogP) is 2.26. The summed E-state index contributed by atoms with van der Waals surface area (Å²) in [4.78, 5) is 5.30. The molecule has 0 unspecified atom stereocenters. The molecule has 0 bridgehead atoms. The van der Waals surface area contributed by atoms with Crippen LogP contribution in [-0.4, -0.2) is 4.98 Å². The Bertz CT molecular complexity index is 167. The Balaban J connectivity index is 2.38. The first kappa shape index (κ1) is 6.49. The van der Waals surface area contributed by atoms with Crippen molar-refractivity contribution in [2.75, 3.05) is 0 Å². The average Bonchev–Trinajstić information content (AvgIpc) is 2.34. The fraction of sp³-hybridized carbons (Fsp3) is 0.286. The molecule has 2 heteroatoms. The van der Waals surface area contributed by atoms with Gasteiger partial charge in [0.2, 0.25) is 0 Å². The molecule has 0 N–H and O–H groups in total. The summed E-state index contributed by atoms with van der Waals surface area (Å²) in [6.45, 7) is 3.64. The summed E-state index contributed by atoms with van der Waals surface area (Å²) in [5.74, 6) is 0. The highest BCUT2D eigenvalue weighted by atomic mass is 32.1. The van der Waals surface area contributed by atoms with Gasteiger partial charge in [0.15, 0.2) is 0 Å².